The molecule has 1 unspecified atom stereocenters. The van der Waals surface area contributed by atoms with E-state index in [4.69, 9.17) is 0 Å². The number of sulfonamides is 1. The van der Waals surface area contributed by atoms with E-state index in [1.54, 1.807) is 18.3 Å². The molecule has 0 amide bonds. The Hall–Kier alpha value is -0.500. The van der Waals surface area contributed by atoms with Gasteiger partial charge in [0.15, 0.2) is 0 Å². The van der Waals surface area contributed by atoms with Gasteiger partial charge in [0, 0.05) is 30.9 Å². The summed E-state index contributed by atoms with van der Waals surface area (Å²) in [5, 5.41) is 5.67. The number of nitrogens with zero attached hydrogens (tertiary/aromatic N) is 1. The van der Waals surface area contributed by atoms with Crippen LogP contribution in [0.4, 0.5) is 0 Å². The highest BCUT2D eigenvalue weighted by Crippen LogP contribution is 2.08. The van der Waals surface area contributed by atoms with Crippen LogP contribution in [0.3, 0.4) is 0 Å². The summed E-state index contributed by atoms with van der Waals surface area (Å²) in [7, 11) is -3.26. The fourth-order valence-corrected chi connectivity index (χ4v) is 3.13. The van der Waals surface area contributed by atoms with Crippen LogP contribution in [-0.4, -0.2) is 37.8 Å². The topological polar surface area (TPSA) is 71.1 Å². The van der Waals surface area contributed by atoms with E-state index >= 15 is 0 Å². The Kier molecular flexibility index (Phi) is 6.38. The quantitative estimate of drug-likeness (QED) is 0.759. The predicted octanol–water partition coefficient (Wildman–Crippen LogP) is 1.30. The van der Waals surface area contributed by atoms with Crippen molar-refractivity contribution < 1.29 is 8.42 Å². The van der Waals surface area contributed by atoms with Crippen molar-refractivity contribution in [2.45, 2.75) is 45.4 Å². The Labute approximate surface area is 119 Å². The highest BCUT2D eigenvalue weighted by atomic mass is 32.2. The smallest absolute Gasteiger partial charge is 0.215 e. The fourth-order valence-electron chi connectivity index (χ4n) is 1.50. The maximum Gasteiger partial charge on any atom is 0.215 e. The van der Waals surface area contributed by atoms with E-state index in [9.17, 15) is 8.42 Å². The molecule has 0 radical (unpaired) electrons. The van der Waals surface area contributed by atoms with Crippen LogP contribution in [-0.2, 0) is 16.4 Å². The van der Waals surface area contributed by atoms with Gasteiger partial charge in [-0.05, 0) is 13.8 Å². The predicted molar refractivity (Wildman–Crippen MR) is 80.1 cm³/mol. The van der Waals surface area contributed by atoms with Crippen LogP contribution in [0.2, 0.25) is 0 Å². The first-order valence-corrected chi connectivity index (χ1v) is 8.86. The molecule has 7 heteroatoms. The molecule has 0 aliphatic rings. The third-order valence-electron chi connectivity index (χ3n) is 2.69. The second kappa shape index (κ2) is 7.33. The van der Waals surface area contributed by atoms with Crippen molar-refractivity contribution >= 4 is 21.4 Å². The zero-order valence-electron chi connectivity index (χ0n) is 11.9. The number of hydrogen-bond acceptors (Lipinski definition) is 5. The van der Waals surface area contributed by atoms with Gasteiger partial charge in [0.1, 0.15) is 0 Å². The third-order valence-corrected chi connectivity index (χ3v) is 5.35. The lowest BCUT2D eigenvalue weighted by atomic mass is 10.3. The van der Waals surface area contributed by atoms with Crippen molar-refractivity contribution in [3.05, 3.63) is 16.1 Å². The van der Waals surface area contributed by atoms with E-state index in [-0.39, 0.29) is 6.04 Å². The monoisotopic (exact) mass is 305 g/mol. The SMILES string of the molecule is Cc1nc(CCNS(=O)(=O)C(C)CNC(C)C)cs1. The summed E-state index contributed by atoms with van der Waals surface area (Å²) >= 11 is 1.58. The third kappa shape index (κ3) is 5.99. The number of nitrogens with one attached hydrogen (secondary N) is 2. The highest BCUT2D eigenvalue weighted by Gasteiger charge is 2.19. The lowest BCUT2D eigenvalue weighted by molar-refractivity contribution is 0.540. The Balaban J connectivity index is 2.37. The fraction of sp³-hybridized carbons (Fsp3) is 0.750. The van der Waals surface area contributed by atoms with E-state index in [1.807, 2.05) is 26.2 Å². The van der Waals surface area contributed by atoms with E-state index in [0.717, 1.165) is 10.7 Å². The van der Waals surface area contributed by atoms with Crippen molar-refractivity contribution in [2.75, 3.05) is 13.1 Å². The summed E-state index contributed by atoms with van der Waals surface area (Å²) in [5.41, 5.74) is 0.943. The molecule has 110 valence electrons. The standard InChI is InChI=1S/C12H23N3O2S2/c1-9(2)13-7-10(3)19(16,17)14-6-5-12-8-18-11(4)15-12/h8-10,13-14H,5-7H2,1-4H3. The Bertz CT molecular complexity index is 483. The molecule has 1 heterocycles. The van der Waals surface area contributed by atoms with Gasteiger partial charge in [-0.15, -0.1) is 11.3 Å². The number of aryl methyl sites for hydroxylation is 1. The molecule has 1 rings (SSSR count). The second-order valence-corrected chi connectivity index (χ2v) is 8.17. The molecule has 0 fully saturated rings. The molecule has 19 heavy (non-hydrogen) atoms. The first-order chi connectivity index (χ1) is 8.81. The van der Waals surface area contributed by atoms with Crippen molar-refractivity contribution in [3.63, 3.8) is 0 Å². The summed E-state index contributed by atoms with van der Waals surface area (Å²) in [6, 6.07) is 0.288. The van der Waals surface area contributed by atoms with Gasteiger partial charge < -0.3 is 5.32 Å². The molecule has 0 saturated carbocycles. The lowest BCUT2D eigenvalue weighted by Gasteiger charge is -2.16. The van der Waals surface area contributed by atoms with Crippen LogP contribution in [0, 0.1) is 6.92 Å². The van der Waals surface area contributed by atoms with Gasteiger partial charge in [-0.2, -0.15) is 0 Å². The minimum absolute atomic E-state index is 0.288. The van der Waals surface area contributed by atoms with Crippen LogP contribution in [0.15, 0.2) is 5.38 Å². The van der Waals surface area contributed by atoms with Gasteiger partial charge in [-0.1, -0.05) is 13.8 Å². The van der Waals surface area contributed by atoms with Crippen molar-refractivity contribution in [3.8, 4) is 0 Å². The molecule has 1 aromatic rings. The van der Waals surface area contributed by atoms with E-state index < -0.39 is 15.3 Å². The number of hydrogen-bond donors (Lipinski definition) is 2. The largest absolute Gasteiger partial charge is 0.313 e. The molecule has 0 spiro atoms. The number of aromatic nitrogens is 1. The maximum atomic E-state index is 12.0. The molecular weight excluding hydrogens is 282 g/mol. The zero-order chi connectivity index (χ0) is 14.5. The molecule has 0 aromatic carbocycles. The van der Waals surface area contributed by atoms with E-state index in [2.05, 4.69) is 15.0 Å². The van der Waals surface area contributed by atoms with E-state index in [0.29, 0.717) is 19.5 Å². The van der Waals surface area contributed by atoms with Gasteiger partial charge in [0.25, 0.3) is 0 Å². The van der Waals surface area contributed by atoms with Gasteiger partial charge in [-0.3, -0.25) is 0 Å². The summed E-state index contributed by atoms with van der Waals surface area (Å²) in [6.45, 7) is 8.51. The molecule has 1 atom stereocenters. The summed E-state index contributed by atoms with van der Waals surface area (Å²) in [5.74, 6) is 0. The van der Waals surface area contributed by atoms with Crippen LogP contribution in [0.25, 0.3) is 0 Å². The molecule has 2 N–H and O–H groups in total. The summed E-state index contributed by atoms with van der Waals surface area (Å²) in [6.07, 6.45) is 0.633. The molecule has 0 aliphatic carbocycles. The summed E-state index contributed by atoms with van der Waals surface area (Å²) < 4.78 is 26.6. The minimum Gasteiger partial charge on any atom is -0.313 e. The Morgan fingerprint density at radius 3 is 2.58 bits per heavy atom. The zero-order valence-corrected chi connectivity index (χ0v) is 13.6. The van der Waals surface area contributed by atoms with Gasteiger partial charge in [0.2, 0.25) is 10.0 Å². The first-order valence-electron chi connectivity index (χ1n) is 6.44. The van der Waals surface area contributed by atoms with E-state index in [1.165, 1.54) is 0 Å². The number of thiazole rings is 1. The van der Waals surface area contributed by atoms with Gasteiger partial charge >= 0.3 is 0 Å². The molecule has 5 nitrogen and oxygen atoms in total. The van der Waals surface area contributed by atoms with Crippen LogP contribution in [0.5, 0.6) is 0 Å². The minimum atomic E-state index is -3.26. The first kappa shape index (κ1) is 16.6. The number of rotatable bonds is 8. The van der Waals surface area contributed by atoms with Gasteiger partial charge in [-0.25, -0.2) is 18.1 Å². The Morgan fingerprint density at radius 1 is 1.37 bits per heavy atom. The summed E-state index contributed by atoms with van der Waals surface area (Å²) in [4.78, 5) is 4.31. The van der Waals surface area contributed by atoms with Crippen molar-refractivity contribution in [1.29, 1.82) is 0 Å². The molecule has 0 bridgehead atoms. The van der Waals surface area contributed by atoms with Crippen molar-refractivity contribution in [1.82, 2.24) is 15.0 Å². The average Bonchev–Trinajstić information content (AvgIpc) is 2.71. The second-order valence-electron chi connectivity index (χ2n) is 4.92. The van der Waals surface area contributed by atoms with Crippen molar-refractivity contribution in [2.24, 2.45) is 0 Å². The molecular formula is C12H23N3O2S2. The lowest BCUT2D eigenvalue weighted by Crippen LogP contribution is -2.41. The highest BCUT2D eigenvalue weighted by molar-refractivity contribution is 7.90. The average molecular weight is 305 g/mol. The van der Waals surface area contributed by atoms with Crippen LogP contribution < -0.4 is 10.0 Å². The molecule has 0 aliphatic heterocycles. The normalized spacial score (nSPS) is 13.9. The molecule has 0 saturated heterocycles. The maximum absolute atomic E-state index is 12.0. The van der Waals surface area contributed by atoms with Crippen LogP contribution in [0.1, 0.15) is 31.5 Å². The van der Waals surface area contributed by atoms with Crippen LogP contribution >= 0.6 is 11.3 Å². The molecule has 1 aromatic heterocycles. The van der Waals surface area contributed by atoms with Gasteiger partial charge in [0.05, 0.1) is 16.0 Å². The Morgan fingerprint density at radius 2 is 2.05 bits per heavy atom.